The van der Waals surface area contributed by atoms with Crippen molar-refractivity contribution in [3.63, 3.8) is 0 Å². The number of halogens is 1. The fourth-order valence-electron chi connectivity index (χ4n) is 2.23. The first-order valence-corrected chi connectivity index (χ1v) is 6.50. The maximum atomic E-state index is 13.2. The molecule has 0 saturated carbocycles. The molecule has 2 atom stereocenters. The molecule has 0 aliphatic heterocycles. The van der Waals surface area contributed by atoms with Crippen LogP contribution >= 0.6 is 0 Å². The fraction of sp³-hybridized carbons (Fsp3) is 0.250. The second-order valence-electron chi connectivity index (χ2n) is 4.91. The van der Waals surface area contributed by atoms with E-state index in [9.17, 15) is 14.6 Å². The number of nitrogens with one attached hydrogen (secondary N) is 1. The van der Waals surface area contributed by atoms with Crippen LogP contribution in [0.25, 0.3) is 0 Å². The number of phenols is 2. The molecule has 3 N–H and O–H groups in total. The number of phenolic OH excluding ortho intramolecular Hbond substituents is 2. The second-order valence-corrected chi connectivity index (χ2v) is 4.91. The highest BCUT2D eigenvalue weighted by Crippen LogP contribution is 2.27. The van der Waals surface area contributed by atoms with E-state index in [2.05, 4.69) is 5.32 Å². The standard InChI is InChI=1S/C16H18FNO2/c1-10(12-4-3-5-14(19)8-12)18-11(2)15-9-13(17)6-7-16(15)20/h3-11,18-20H,1-2H3. The van der Waals surface area contributed by atoms with E-state index in [0.717, 1.165) is 5.56 Å². The normalized spacial score (nSPS) is 13.9. The van der Waals surface area contributed by atoms with Gasteiger partial charge in [0.05, 0.1) is 0 Å². The largest absolute Gasteiger partial charge is 0.508 e. The molecule has 0 amide bonds. The van der Waals surface area contributed by atoms with Gasteiger partial charge in [-0.2, -0.15) is 0 Å². The van der Waals surface area contributed by atoms with Gasteiger partial charge >= 0.3 is 0 Å². The van der Waals surface area contributed by atoms with Crippen LogP contribution in [0.2, 0.25) is 0 Å². The maximum Gasteiger partial charge on any atom is 0.123 e. The Hall–Kier alpha value is -2.07. The summed E-state index contributed by atoms with van der Waals surface area (Å²) < 4.78 is 13.2. The lowest BCUT2D eigenvalue weighted by atomic mass is 10.0. The summed E-state index contributed by atoms with van der Waals surface area (Å²) in [6.07, 6.45) is 0. The van der Waals surface area contributed by atoms with Gasteiger partial charge in [0.2, 0.25) is 0 Å². The minimum absolute atomic E-state index is 0.0419. The topological polar surface area (TPSA) is 52.5 Å². The smallest absolute Gasteiger partial charge is 0.123 e. The quantitative estimate of drug-likeness (QED) is 0.798. The number of rotatable bonds is 4. The molecule has 2 rings (SSSR count). The van der Waals surface area contributed by atoms with E-state index in [1.807, 2.05) is 19.9 Å². The molecule has 0 radical (unpaired) electrons. The van der Waals surface area contributed by atoms with Crippen molar-refractivity contribution in [2.24, 2.45) is 0 Å². The van der Waals surface area contributed by atoms with Crippen molar-refractivity contribution in [1.82, 2.24) is 5.32 Å². The molecule has 0 spiro atoms. The highest BCUT2D eigenvalue weighted by molar-refractivity contribution is 5.35. The molecule has 4 heteroatoms. The van der Waals surface area contributed by atoms with Crippen LogP contribution < -0.4 is 5.32 Å². The minimum atomic E-state index is -0.378. The van der Waals surface area contributed by atoms with Gasteiger partial charge in [0.25, 0.3) is 0 Å². The Morgan fingerprint density at radius 2 is 1.75 bits per heavy atom. The zero-order valence-electron chi connectivity index (χ0n) is 11.5. The van der Waals surface area contributed by atoms with Crippen LogP contribution in [0.1, 0.15) is 37.1 Å². The fourth-order valence-corrected chi connectivity index (χ4v) is 2.23. The van der Waals surface area contributed by atoms with Gasteiger partial charge in [-0.1, -0.05) is 12.1 Å². The Morgan fingerprint density at radius 3 is 2.45 bits per heavy atom. The summed E-state index contributed by atoms with van der Waals surface area (Å²) in [5.74, 6) is -0.108. The molecule has 0 aliphatic rings. The molecular formula is C16H18FNO2. The molecule has 0 aromatic heterocycles. The molecule has 0 aliphatic carbocycles. The molecule has 3 nitrogen and oxygen atoms in total. The first-order chi connectivity index (χ1) is 9.47. The van der Waals surface area contributed by atoms with Crippen molar-refractivity contribution in [3.8, 4) is 11.5 Å². The predicted octanol–water partition coefficient (Wildman–Crippen LogP) is 3.65. The summed E-state index contributed by atoms with van der Waals surface area (Å²) in [5.41, 5.74) is 1.43. The SMILES string of the molecule is CC(NC(C)c1cc(F)ccc1O)c1cccc(O)c1. The van der Waals surface area contributed by atoms with Crippen molar-refractivity contribution >= 4 is 0 Å². The van der Waals surface area contributed by atoms with E-state index in [0.29, 0.717) is 5.56 Å². The second kappa shape index (κ2) is 5.92. The molecule has 106 valence electrons. The molecule has 0 saturated heterocycles. The monoisotopic (exact) mass is 275 g/mol. The lowest BCUT2D eigenvalue weighted by Crippen LogP contribution is -2.22. The third-order valence-electron chi connectivity index (χ3n) is 3.33. The van der Waals surface area contributed by atoms with E-state index in [-0.39, 0.29) is 29.4 Å². The summed E-state index contributed by atoms with van der Waals surface area (Å²) in [6, 6.07) is 10.6. The van der Waals surface area contributed by atoms with Gasteiger partial charge < -0.3 is 15.5 Å². The number of hydrogen-bond donors (Lipinski definition) is 3. The summed E-state index contributed by atoms with van der Waals surface area (Å²) in [7, 11) is 0. The van der Waals surface area contributed by atoms with Crippen LogP contribution in [0.15, 0.2) is 42.5 Å². The molecule has 2 unspecified atom stereocenters. The Morgan fingerprint density at radius 1 is 1.00 bits per heavy atom. The highest BCUT2D eigenvalue weighted by atomic mass is 19.1. The first-order valence-electron chi connectivity index (χ1n) is 6.50. The molecule has 20 heavy (non-hydrogen) atoms. The van der Waals surface area contributed by atoms with Crippen LogP contribution in [0.4, 0.5) is 4.39 Å². The Kier molecular flexibility index (Phi) is 4.25. The summed E-state index contributed by atoms with van der Waals surface area (Å²) in [6.45, 7) is 3.80. The van der Waals surface area contributed by atoms with Gasteiger partial charge in [0.1, 0.15) is 17.3 Å². The first kappa shape index (κ1) is 14.3. The summed E-state index contributed by atoms with van der Waals surface area (Å²) in [4.78, 5) is 0. The Balaban J connectivity index is 2.15. The van der Waals surface area contributed by atoms with Gasteiger partial charge in [-0.05, 0) is 49.7 Å². The van der Waals surface area contributed by atoms with Crippen LogP contribution in [-0.4, -0.2) is 10.2 Å². The van der Waals surface area contributed by atoms with Crippen LogP contribution in [0.5, 0.6) is 11.5 Å². The number of benzene rings is 2. The molecule has 2 aromatic rings. The van der Waals surface area contributed by atoms with Gasteiger partial charge in [0, 0.05) is 17.6 Å². The lowest BCUT2D eigenvalue weighted by molar-refractivity contribution is 0.433. The molecule has 0 bridgehead atoms. The van der Waals surface area contributed by atoms with Gasteiger partial charge in [0.15, 0.2) is 0 Å². The Bertz CT molecular complexity index is 601. The Labute approximate surface area is 117 Å². The molecule has 2 aromatic carbocycles. The zero-order chi connectivity index (χ0) is 14.7. The van der Waals surface area contributed by atoms with E-state index in [4.69, 9.17) is 0 Å². The van der Waals surface area contributed by atoms with Crippen LogP contribution in [-0.2, 0) is 0 Å². The average Bonchev–Trinajstić information content (AvgIpc) is 2.41. The van der Waals surface area contributed by atoms with Crippen molar-refractivity contribution < 1.29 is 14.6 Å². The van der Waals surface area contributed by atoms with Gasteiger partial charge in [-0.15, -0.1) is 0 Å². The average molecular weight is 275 g/mol. The van der Waals surface area contributed by atoms with E-state index >= 15 is 0 Å². The van der Waals surface area contributed by atoms with Gasteiger partial charge in [-0.25, -0.2) is 4.39 Å². The number of hydrogen-bond acceptors (Lipinski definition) is 3. The molecular weight excluding hydrogens is 257 g/mol. The van der Waals surface area contributed by atoms with E-state index in [1.165, 1.54) is 18.2 Å². The highest BCUT2D eigenvalue weighted by Gasteiger charge is 2.15. The van der Waals surface area contributed by atoms with Crippen molar-refractivity contribution in [2.75, 3.05) is 0 Å². The maximum absolute atomic E-state index is 13.2. The number of aromatic hydroxyl groups is 2. The third kappa shape index (κ3) is 3.27. The van der Waals surface area contributed by atoms with Crippen LogP contribution in [0.3, 0.4) is 0 Å². The summed E-state index contributed by atoms with van der Waals surface area (Å²) in [5, 5.41) is 22.5. The van der Waals surface area contributed by atoms with Crippen molar-refractivity contribution in [3.05, 3.63) is 59.4 Å². The molecule has 0 heterocycles. The van der Waals surface area contributed by atoms with E-state index < -0.39 is 0 Å². The minimum Gasteiger partial charge on any atom is -0.508 e. The molecule has 0 fully saturated rings. The third-order valence-corrected chi connectivity index (χ3v) is 3.33. The van der Waals surface area contributed by atoms with Gasteiger partial charge in [-0.3, -0.25) is 0 Å². The summed E-state index contributed by atoms with van der Waals surface area (Å²) >= 11 is 0. The lowest BCUT2D eigenvalue weighted by Gasteiger charge is -2.21. The van der Waals surface area contributed by atoms with E-state index in [1.54, 1.807) is 18.2 Å². The predicted molar refractivity (Wildman–Crippen MR) is 76.1 cm³/mol. The zero-order valence-corrected chi connectivity index (χ0v) is 11.5. The van der Waals surface area contributed by atoms with Crippen molar-refractivity contribution in [2.45, 2.75) is 25.9 Å². The van der Waals surface area contributed by atoms with Crippen molar-refractivity contribution in [1.29, 1.82) is 0 Å². The van der Waals surface area contributed by atoms with Crippen LogP contribution in [0, 0.1) is 5.82 Å².